The van der Waals surface area contributed by atoms with Gasteiger partial charge in [-0.2, -0.15) is 15.3 Å². The Hall–Kier alpha value is -2.84. The molecule has 4 rings (SSSR count). The minimum absolute atomic E-state index is 0.285. The lowest BCUT2D eigenvalue weighted by Gasteiger charge is -2.16. The molecule has 0 aromatic carbocycles. The average molecular weight is 488 g/mol. The number of ether oxygens (including phenoxy) is 1. The summed E-state index contributed by atoms with van der Waals surface area (Å²) in [6, 6.07) is 2.38. The van der Waals surface area contributed by atoms with E-state index in [1.807, 2.05) is 4.57 Å². The fraction of sp³-hybridized carbons (Fsp3) is 0.565. The van der Waals surface area contributed by atoms with Gasteiger partial charge in [0.1, 0.15) is 37.8 Å². The van der Waals surface area contributed by atoms with Crippen molar-refractivity contribution >= 4 is 30.7 Å². The van der Waals surface area contributed by atoms with Crippen molar-refractivity contribution in [3.8, 4) is 6.07 Å². The molecule has 8 nitrogen and oxygen atoms in total. The van der Waals surface area contributed by atoms with Crippen molar-refractivity contribution in [2.24, 2.45) is 0 Å². The highest BCUT2D eigenvalue weighted by Gasteiger charge is 2.31. The quantitative estimate of drug-likeness (QED) is 0.294. The number of alkyl halides is 2. The molecule has 0 aliphatic heterocycles. The van der Waals surface area contributed by atoms with Gasteiger partial charge in [0.25, 0.3) is 0 Å². The van der Waals surface area contributed by atoms with Crippen molar-refractivity contribution in [2.75, 3.05) is 25.3 Å². The number of hydrogen-bond acceptors (Lipinski definition) is 6. The van der Waals surface area contributed by atoms with Gasteiger partial charge in [-0.05, 0) is 25.8 Å². The van der Waals surface area contributed by atoms with Crippen LogP contribution in [0.5, 0.6) is 0 Å². The van der Waals surface area contributed by atoms with Crippen molar-refractivity contribution < 1.29 is 13.5 Å². The van der Waals surface area contributed by atoms with Crippen LogP contribution in [0.4, 0.5) is 20.4 Å². The molecule has 0 amide bonds. The fourth-order valence-electron chi connectivity index (χ4n) is 3.85. The van der Waals surface area contributed by atoms with Gasteiger partial charge in [-0.3, -0.25) is 4.68 Å². The Balaban J connectivity index is 1.67. The molecular weight excluding hydrogens is 456 g/mol. The highest BCUT2D eigenvalue weighted by atomic mass is 28.3. The summed E-state index contributed by atoms with van der Waals surface area (Å²) in [4.78, 5) is 9.44. The molecule has 0 spiro atoms. The van der Waals surface area contributed by atoms with E-state index < -0.39 is 27.5 Å². The molecular formula is C23H31F2N7OSi. The van der Waals surface area contributed by atoms with Gasteiger partial charge in [0.2, 0.25) is 5.95 Å². The lowest BCUT2D eigenvalue weighted by Crippen LogP contribution is -2.22. The minimum atomic E-state index is -1.21. The zero-order valence-electron chi connectivity index (χ0n) is 20.1. The average Bonchev–Trinajstić information content (AvgIpc) is 3.51. The number of nitrogens with one attached hydrogen (secondary N) is 1. The van der Waals surface area contributed by atoms with Crippen LogP contribution >= 0.6 is 0 Å². The zero-order chi connectivity index (χ0) is 24.5. The molecule has 1 fully saturated rings. The number of nitriles is 1. The fourth-order valence-corrected chi connectivity index (χ4v) is 4.61. The van der Waals surface area contributed by atoms with Crippen LogP contribution in [0.1, 0.15) is 41.8 Å². The first kappa shape index (κ1) is 24.3. The Morgan fingerprint density at radius 2 is 2.00 bits per heavy atom. The summed E-state index contributed by atoms with van der Waals surface area (Å²) in [5, 5.41) is 17.8. The van der Waals surface area contributed by atoms with E-state index in [0.29, 0.717) is 41.9 Å². The molecule has 182 valence electrons. The van der Waals surface area contributed by atoms with Crippen molar-refractivity contribution in [1.82, 2.24) is 24.3 Å². The van der Waals surface area contributed by atoms with Crippen LogP contribution in [-0.2, 0) is 11.5 Å². The van der Waals surface area contributed by atoms with Gasteiger partial charge in [0.15, 0.2) is 0 Å². The first-order valence-corrected chi connectivity index (χ1v) is 15.3. The van der Waals surface area contributed by atoms with Gasteiger partial charge in [-0.15, -0.1) is 0 Å². The second kappa shape index (κ2) is 9.80. The van der Waals surface area contributed by atoms with E-state index in [4.69, 9.17) is 14.7 Å². The standard InChI is InChI=1S/C23H31F2N7OSi/c1-15-19(12-27-32(15)18(9-24)10-25)28-23-29-21(16-5-6-16)20-17(11-26)13-31(22(20)30-23)14-33-7-8-34(2,3)4/h12-13,16,18H,5-10,14H2,1-4H3,(H,28,29,30). The van der Waals surface area contributed by atoms with E-state index in [-0.39, 0.29) is 5.92 Å². The number of nitrogens with zero attached hydrogens (tertiary/aromatic N) is 6. The Kier molecular flexibility index (Phi) is 7.00. The summed E-state index contributed by atoms with van der Waals surface area (Å²) in [7, 11) is -1.21. The zero-order valence-corrected chi connectivity index (χ0v) is 21.1. The normalized spacial score (nSPS) is 14.2. The van der Waals surface area contributed by atoms with Crippen molar-refractivity contribution in [2.45, 2.75) is 64.1 Å². The summed E-state index contributed by atoms with van der Waals surface area (Å²) in [5.74, 6) is 0.646. The summed E-state index contributed by atoms with van der Waals surface area (Å²) < 4.78 is 35.5. The first-order chi connectivity index (χ1) is 16.3. The molecule has 1 saturated carbocycles. The number of rotatable bonds is 11. The number of fused-ring (bicyclic) bond motifs is 1. The topological polar surface area (TPSA) is 93.6 Å². The van der Waals surface area contributed by atoms with Crippen LogP contribution in [0.2, 0.25) is 25.7 Å². The maximum absolute atomic E-state index is 13.2. The first-order valence-electron chi connectivity index (χ1n) is 11.6. The maximum atomic E-state index is 13.2. The highest BCUT2D eigenvalue weighted by Crippen LogP contribution is 2.43. The van der Waals surface area contributed by atoms with Gasteiger partial charge >= 0.3 is 0 Å². The van der Waals surface area contributed by atoms with E-state index in [1.54, 1.807) is 13.1 Å². The number of halogens is 2. The smallest absolute Gasteiger partial charge is 0.229 e. The predicted octanol–water partition coefficient (Wildman–Crippen LogP) is 5.22. The third-order valence-corrected chi connectivity index (χ3v) is 7.75. The Morgan fingerprint density at radius 3 is 2.62 bits per heavy atom. The second-order valence-electron chi connectivity index (χ2n) is 10.1. The van der Waals surface area contributed by atoms with E-state index in [1.165, 1.54) is 10.9 Å². The molecule has 3 aromatic heterocycles. The lowest BCUT2D eigenvalue weighted by molar-refractivity contribution is 0.0898. The van der Waals surface area contributed by atoms with Gasteiger partial charge in [-0.1, -0.05) is 19.6 Å². The van der Waals surface area contributed by atoms with Crippen LogP contribution in [0, 0.1) is 18.3 Å². The van der Waals surface area contributed by atoms with Crippen LogP contribution in [0.25, 0.3) is 11.0 Å². The van der Waals surface area contributed by atoms with Crippen molar-refractivity contribution in [3.63, 3.8) is 0 Å². The SMILES string of the molecule is Cc1c(Nc2nc(C3CC3)c3c(C#N)cn(COCC[Si](C)(C)C)c3n2)cnn1C(CF)CF. The molecule has 1 aliphatic rings. The Morgan fingerprint density at radius 1 is 1.26 bits per heavy atom. The third-order valence-electron chi connectivity index (χ3n) is 6.05. The number of anilines is 2. The molecule has 3 heterocycles. The molecule has 0 bridgehead atoms. The summed E-state index contributed by atoms with van der Waals surface area (Å²) in [6.07, 6.45) is 5.33. The summed E-state index contributed by atoms with van der Waals surface area (Å²) in [6.45, 7) is 7.93. The molecule has 0 unspecified atom stereocenters. The number of hydrogen-bond donors (Lipinski definition) is 1. The molecule has 1 aliphatic carbocycles. The predicted molar refractivity (Wildman–Crippen MR) is 130 cm³/mol. The highest BCUT2D eigenvalue weighted by molar-refractivity contribution is 6.76. The molecule has 0 saturated heterocycles. The Bertz CT molecular complexity index is 1200. The van der Waals surface area contributed by atoms with Crippen molar-refractivity contribution in [1.29, 1.82) is 5.26 Å². The second-order valence-corrected chi connectivity index (χ2v) is 15.7. The van der Waals surface area contributed by atoms with Crippen LogP contribution < -0.4 is 5.32 Å². The summed E-state index contributed by atoms with van der Waals surface area (Å²) in [5.41, 5.74) is 3.20. The van der Waals surface area contributed by atoms with E-state index in [2.05, 4.69) is 36.1 Å². The molecule has 11 heteroatoms. The largest absolute Gasteiger partial charge is 0.361 e. The molecule has 34 heavy (non-hydrogen) atoms. The molecule has 1 N–H and O–H groups in total. The van der Waals surface area contributed by atoms with Crippen molar-refractivity contribution in [3.05, 3.63) is 29.3 Å². The van der Waals surface area contributed by atoms with E-state index in [9.17, 15) is 14.0 Å². The van der Waals surface area contributed by atoms with Crippen LogP contribution in [0.3, 0.4) is 0 Å². The summed E-state index contributed by atoms with van der Waals surface area (Å²) >= 11 is 0. The maximum Gasteiger partial charge on any atom is 0.229 e. The monoisotopic (exact) mass is 487 g/mol. The molecule has 0 atom stereocenters. The van der Waals surface area contributed by atoms with E-state index in [0.717, 1.165) is 30.0 Å². The lowest BCUT2D eigenvalue weighted by atomic mass is 10.1. The van der Waals surface area contributed by atoms with Gasteiger partial charge in [0, 0.05) is 26.8 Å². The Labute approximate surface area is 199 Å². The van der Waals surface area contributed by atoms with Crippen LogP contribution in [0.15, 0.2) is 12.4 Å². The van der Waals surface area contributed by atoms with E-state index >= 15 is 0 Å². The van der Waals surface area contributed by atoms with Gasteiger partial charge < -0.3 is 14.6 Å². The van der Waals surface area contributed by atoms with Crippen LogP contribution in [-0.4, -0.2) is 52.3 Å². The molecule has 3 aromatic rings. The number of aromatic nitrogens is 5. The van der Waals surface area contributed by atoms with Gasteiger partial charge in [-0.25, -0.2) is 13.8 Å². The third kappa shape index (κ3) is 5.13. The minimum Gasteiger partial charge on any atom is -0.361 e. The molecule has 0 radical (unpaired) electrons. The van der Waals surface area contributed by atoms with Gasteiger partial charge in [0.05, 0.1) is 34.2 Å².